The van der Waals surface area contributed by atoms with Crippen LogP contribution in [0, 0.1) is 11.8 Å². The monoisotopic (exact) mass is 228 g/mol. The lowest BCUT2D eigenvalue weighted by atomic mass is 9.93. The molecule has 0 aliphatic heterocycles. The van der Waals surface area contributed by atoms with Crippen LogP contribution in [0.15, 0.2) is 12.1 Å². The van der Waals surface area contributed by atoms with E-state index in [2.05, 4.69) is 6.92 Å². The summed E-state index contributed by atoms with van der Waals surface area (Å²) in [5.74, 6) is 1.08. The first-order valence-corrected chi connectivity index (χ1v) is 6.17. The average molecular weight is 229 g/mol. The van der Waals surface area contributed by atoms with Gasteiger partial charge in [0.1, 0.15) is 0 Å². The number of hydrogen-bond acceptors (Lipinski definition) is 2. The zero-order valence-electron chi connectivity index (χ0n) is 8.13. The van der Waals surface area contributed by atoms with Crippen molar-refractivity contribution in [1.29, 1.82) is 0 Å². The molecule has 1 heterocycles. The SMILES string of the molecule is CC1CCCC1C(=O)c1ccc(Cl)s1. The zero-order valence-corrected chi connectivity index (χ0v) is 9.70. The fourth-order valence-electron chi connectivity index (χ4n) is 2.16. The summed E-state index contributed by atoms with van der Waals surface area (Å²) in [5, 5.41) is 0. The highest BCUT2D eigenvalue weighted by atomic mass is 35.5. The summed E-state index contributed by atoms with van der Waals surface area (Å²) in [4.78, 5) is 12.9. The normalized spacial score (nSPS) is 26.7. The van der Waals surface area contributed by atoms with Gasteiger partial charge in [0.2, 0.25) is 0 Å². The largest absolute Gasteiger partial charge is 0.293 e. The van der Waals surface area contributed by atoms with Crippen LogP contribution in [-0.2, 0) is 0 Å². The van der Waals surface area contributed by atoms with Crippen molar-refractivity contribution >= 4 is 28.7 Å². The van der Waals surface area contributed by atoms with Gasteiger partial charge in [-0.25, -0.2) is 0 Å². The van der Waals surface area contributed by atoms with Crippen LogP contribution in [0.4, 0.5) is 0 Å². The first kappa shape index (κ1) is 10.2. The molecule has 2 atom stereocenters. The molecule has 1 nitrogen and oxygen atoms in total. The van der Waals surface area contributed by atoms with Crippen LogP contribution >= 0.6 is 22.9 Å². The third-order valence-corrected chi connectivity index (χ3v) is 4.26. The number of halogens is 1. The molecular formula is C11H13ClOS. The predicted molar refractivity (Wildman–Crippen MR) is 60.2 cm³/mol. The molecule has 0 amide bonds. The molecule has 1 aromatic rings. The van der Waals surface area contributed by atoms with Gasteiger partial charge in [-0.15, -0.1) is 11.3 Å². The third-order valence-electron chi connectivity index (χ3n) is 3.01. The lowest BCUT2D eigenvalue weighted by Crippen LogP contribution is -2.15. The Morgan fingerprint density at radius 3 is 2.79 bits per heavy atom. The number of carbonyl (C=O) groups is 1. The molecule has 2 rings (SSSR count). The fourth-order valence-corrected chi connectivity index (χ4v) is 3.21. The second-order valence-electron chi connectivity index (χ2n) is 3.98. The Balaban J connectivity index is 2.15. The number of Topliss-reactive ketones (excluding diaryl/α,β-unsaturated/α-hetero) is 1. The van der Waals surface area contributed by atoms with Gasteiger partial charge in [-0.1, -0.05) is 24.9 Å². The fraction of sp³-hybridized carbons (Fsp3) is 0.545. The summed E-state index contributed by atoms with van der Waals surface area (Å²) in [7, 11) is 0. The van der Waals surface area contributed by atoms with Crippen molar-refractivity contribution in [1.82, 2.24) is 0 Å². The van der Waals surface area contributed by atoms with E-state index in [1.165, 1.54) is 24.2 Å². The Labute approximate surface area is 93.1 Å². The van der Waals surface area contributed by atoms with Gasteiger partial charge in [0, 0.05) is 5.92 Å². The predicted octanol–water partition coefficient (Wildman–Crippen LogP) is 4.02. The van der Waals surface area contributed by atoms with Gasteiger partial charge in [-0.2, -0.15) is 0 Å². The van der Waals surface area contributed by atoms with Crippen LogP contribution in [0.2, 0.25) is 4.34 Å². The number of thiophene rings is 1. The molecule has 0 saturated heterocycles. The maximum atomic E-state index is 12.0. The summed E-state index contributed by atoms with van der Waals surface area (Å²) in [5.41, 5.74) is 0. The van der Waals surface area contributed by atoms with Crippen LogP contribution in [-0.4, -0.2) is 5.78 Å². The van der Waals surface area contributed by atoms with Gasteiger partial charge in [-0.05, 0) is 30.9 Å². The number of ketones is 1. The summed E-state index contributed by atoms with van der Waals surface area (Å²) in [6.45, 7) is 2.17. The maximum absolute atomic E-state index is 12.0. The number of carbonyl (C=O) groups excluding carboxylic acids is 1. The smallest absolute Gasteiger partial charge is 0.176 e. The molecule has 14 heavy (non-hydrogen) atoms. The summed E-state index contributed by atoms with van der Waals surface area (Å²) in [6.07, 6.45) is 3.43. The molecule has 0 N–H and O–H groups in total. The molecule has 0 radical (unpaired) electrons. The van der Waals surface area contributed by atoms with Gasteiger partial charge >= 0.3 is 0 Å². The quantitative estimate of drug-likeness (QED) is 0.699. The van der Waals surface area contributed by atoms with Gasteiger partial charge < -0.3 is 0 Å². The van der Waals surface area contributed by atoms with Crippen molar-refractivity contribution in [3.63, 3.8) is 0 Å². The van der Waals surface area contributed by atoms with Gasteiger partial charge in [0.15, 0.2) is 5.78 Å². The van der Waals surface area contributed by atoms with Crippen molar-refractivity contribution in [3.05, 3.63) is 21.3 Å². The molecule has 2 unspecified atom stereocenters. The van der Waals surface area contributed by atoms with Crippen molar-refractivity contribution < 1.29 is 4.79 Å². The van der Waals surface area contributed by atoms with E-state index >= 15 is 0 Å². The Bertz CT molecular complexity index is 345. The topological polar surface area (TPSA) is 17.1 Å². The van der Waals surface area contributed by atoms with E-state index in [-0.39, 0.29) is 5.92 Å². The Morgan fingerprint density at radius 2 is 2.29 bits per heavy atom. The maximum Gasteiger partial charge on any atom is 0.176 e. The molecule has 0 aromatic carbocycles. The molecule has 0 bridgehead atoms. The van der Waals surface area contributed by atoms with E-state index in [0.29, 0.717) is 16.0 Å². The molecule has 1 aromatic heterocycles. The minimum Gasteiger partial charge on any atom is -0.293 e. The van der Waals surface area contributed by atoms with Crippen molar-refractivity contribution in [2.75, 3.05) is 0 Å². The van der Waals surface area contributed by atoms with Crippen LogP contribution in [0.1, 0.15) is 35.9 Å². The second kappa shape index (κ2) is 4.03. The Hall–Kier alpha value is -0.340. The van der Waals surface area contributed by atoms with E-state index in [0.717, 1.165) is 11.3 Å². The van der Waals surface area contributed by atoms with Gasteiger partial charge in [0.05, 0.1) is 9.21 Å². The molecule has 1 saturated carbocycles. The van der Waals surface area contributed by atoms with Crippen LogP contribution in [0.25, 0.3) is 0 Å². The van der Waals surface area contributed by atoms with Crippen molar-refractivity contribution in [2.45, 2.75) is 26.2 Å². The molecular weight excluding hydrogens is 216 g/mol. The molecule has 1 fully saturated rings. The highest BCUT2D eigenvalue weighted by molar-refractivity contribution is 7.18. The lowest BCUT2D eigenvalue weighted by Gasteiger charge is -2.11. The zero-order chi connectivity index (χ0) is 10.1. The molecule has 76 valence electrons. The standard InChI is InChI=1S/C11H13ClOS/c1-7-3-2-4-8(7)11(13)9-5-6-10(12)14-9/h5-8H,2-4H2,1H3. The van der Waals surface area contributed by atoms with Gasteiger partial charge in [0.25, 0.3) is 0 Å². The average Bonchev–Trinajstić information content (AvgIpc) is 2.73. The van der Waals surface area contributed by atoms with Gasteiger partial charge in [-0.3, -0.25) is 4.79 Å². The first-order chi connectivity index (χ1) is 6.68. The highest BCUT2D eigenvalue weighted by Crippen LogP contribution is 2.35. The number of rotatable bonds is 2. The van der Waals surface area contributed by atoms with Crippen LogP contribution in [0.5, 0.6) is 0 Å². The van der Waals surface area contributed by atoms with E-state index < -0.39 is 0 Å². The Kier molecular flexibility index (Phi) is 2.93. The number of hydrogen-bond donors (Lipinski definition) is 0. The first-order valence-electron chi connectivity index (χ1n) is 4.98. The molecule has 1 aliphatic carbocycles. The van der Waals surface area contributed by atoms with Crippen molar-refractivity contribution in [2.24, 2.45) is 11.8 Å². The summed E-state index contributed by atoms with van der Waals surface area (Å²) < 4.78 is 0.707. The minimum atomic E-state index is 0.240. The minimum absolute atomic E-state index is 0.240. The molecule has 3 heteroatoms. The van der Waals surface area contributed by atoms with Crippen molar-refractivity contribution in [3.8, 4) is 0 Å². The third kappa shape index (κ3) is 1.86. The second-order valence-corrected chi connectivity index (χ2v) is 5.70. The lowest BCUT2D eigenvalue weighted by molar-refractivity contribution is 0.0901. The van der Waals surface area contributed by atoms with E-state index in [4.69, 9.17) is 11.6 Å². The van der Waals surface area contributed by atoms with E-state index in [1.807, 2.05) is 6.07 Å². The van der Waals surface area contributed by atoms with Crippen LogP contribution < -0.4 is 0 Å². The molecule has 1 aliphatic rings. The Morgan fingerprint density at radius 1 is 1.50 bits per heavy atom. The summed E-state index contributed by atoms with van der Waals surface area (Å²) >= 11 is 7.21. The van der Waals surface area contributed by atoms with Crippen LogP contribution in [0.3, 0.4) is 0 Å². The summed E-state index contributed by atoms with van der Waals surface area (Å²) in [6, 6.07) is 3.65. The van der Waals surface area contributed by atoms with E-state index in [1.54, 1.807) is 6.07 Å². The highest BCUT2D eigenvalue weighted by Gasteiger charge is 2.30. The molecule has 0 spiro atoms. The van der Waals surface area contributed by atoms with E-state index in [9.17, 15) is 4.79 Å².